The van der Waals surface area contributed by atoms with Crippen LogP contribution in [-0.4, -0.2) is 20.2 Å². The molecule has 0 saturated carbocycles. The first-order chi connectivity index (χ1) is 8.67. The second kappa shape index (κ2) is 8.22. The monoisotopic (exact) mass is 253 g/mol. The molecule has 0 aromatic heterocycles. The lowest BCUT2D eigenvalue weighted by atomic mass is 10.1. The third-order valence-electron chi connectivity index (χ3n) is 2.97. The number of halogens is 1. The molecule has 0 saturated heterocycles. The van der Waals surface area contributed by atoms with E-state index in [1.54, 1.807) is 12.1 Å². The van der Waals surface area contributed by atoms with Crippen LogP contribution in [0.4, 0.5) is 4.39 Å². The topological polar surface area (TPSA) is 21.3 Å². The second-order valence-electron chi connectivity index (χ2n) is 4.83. The molecule has 0 heterocycles. The molecule has 2 atom stereocenters. The SMILES string of the molecule is CCCC(C)COC(CNC)c1cccc(F)c1. The Balaban J connectivity index is 2.59. The van der Waals surface area contributed by atoms with Crippen LogP contribution in [-0.2, 0) is 4.74 Å². The van der Waals surface area contributed by atoms with Crippen molar-refractivity contribution in [2.24, 2.45) is 5.92 Å². The van der Waals surface area contributed by atoms with Crippen molar-refractivity contribution in [3.05, 3.63) is 35.6 Å². The number of nitrogens with one attached hydrogen (secondary N) is 1. The summed E-state index contributed by atoms with van der Waals surface area (Å²) < 4.78 is 19.1. The summed E-state index contributed by atoms with van der Waals surface area (Å²) in [5, 5.41) is 3.09. The average Bonchev–Trinajstić information content (AvgIpc) is 2.35. The summed E-state index contributed by atoms with van der Waals surface area (Å²) in [5.41, 5.74) is 0.896. The lowest BCUT2D eigenvalue weighted by Crippen LogP contribution is -2.22. The third-order valence-corrected chi connectivity index (χ3v) is 2.97. The summed E-state index contributed by atoms with van der Waals surface area (Å²) in [6, 6.07) is 6.65. The normalized spacial score (nSPS) is 14.4. The maximum atomic E-state index is 13.2. The first-order valence-corrected chi connectivity index (χ1v) is 6.69. The van der Waals surface area contributed by atoms with Crippen molar-refractivity contribution >= 4 is 0 Å². The first kappa shape index (κ1) is 15.1. The predicted octanol–water partition coefficient (Wildman–Crippen LogP) is 3.54. The Bertz CT molecular complexity index is 343. The summed E-state index contributed by atoms with van der Waals surface area (Å²) in [5.74, 6) is 0.335. The Morgan fingerprint density at radius 3 is 2.78 bits per heavy atom. The van der Waals surface area contributed by atoms with Crippen LogP contribution in [0.15, 0.2) is 24.3 Å². The van der Waals surface area contributed by atoms with Gasteiger partial charge in [0.05, 0.1) is 12.7 Å². The van der Waals surface area contributed by atoms with E-state index in [2.05, 4.69) is 19.2 Å². The Morgan fingerprint density at radius 1 is 1.39 bits per heavy atom. The lowest BCUT2D eigenvalue weighted by molar-refractivity contribution is 0.0309. The number of hydrogen-bond donors (Lipinski definition) is 1. The summed E-state index contributed by atoms with van der Waals surface area (Å²) in [4.78, 5) is 0. The molecular formula is C15H24FNO. The Kier molecular flexibility index (Phi) is 6.91. The van der Waals surface area contributed by atoms with Gasteiger partial charge >= 0.3 is 0 Å². The van der Waals surface area contributed by atoms with Crippen LogP contribution in [0.3, 0.4) is 0 Å². The quantitative estimate of drug-likeness (QED) is 0.765. The molecule has 2 unspecified atom stereocenters. The van der Waals surface area contributed by atoms with Crippen LogP contribution in [0.25, 0.3) is 0 Å². The maximum Gasteiger partial charge on any atom is 0.123 e. The van der Waals surface area contributed by atoms with Crippen LogP contribution >= 0.6 is 0 Å². The van der Waals surface area contributed by atoms with Crippen LogP contribution in [0.1, 0.15) is 38.4 Å². The standard InChI is InChI=1S/C15H24FNO/c1-4-6-12(2)11-18-15(10-17-3)13-7-5-8-14(16)9-13/h5,7-9,12,15,17H,4,6,10-11H2,1-3H3. The Labute approximate surface area is 110 Å². The van der Waals surface area contributed by atoms with Gasteiger partial charge in [0.1, 0.15) is 5.82 Å². The predicted molar refractivity (Wildman–Crippen MR) is 73.1 cm³/mol. The van der Waals surface area contributed by atoms with E-state index in [0.717, 1.165) is 18.6 Å². The average molecular weight is 253 g/mol. The van der Waals surface area contributed by atoms with Crippen molar-refractivity contribution in [1.29, 1.82) is 0 Å². The van der Waals surface area contributed by atoms with E-state index >= 15 is 0 Å². The smallest absolute Gasteiger partial charge is 0.123 e. The molecule has 3 heteroatoms. The zero-order chi connectivity index (χ0) is 13.4. The lowest BCUT2D eigenvalue weighted by Gasteiger charge is -2.20. The van der Waals surface area contributed by atoms with Crippen molar-refractivity contribution in [1.82, 2.24) is 5.32 Å². The molecule has 102 valence electrons. The van der Waals surface area contributed by atoms with E-state index in [-0.39, 0.29) is 11.9 Å². The largest absolute Gasteiger partial charge is 0.372 e. The molecule has 1 N–H and O–H groups in total. The zero-order valence-electron chi connectivity index (χ0n) is 11.6. The molecule has 0 bridgehead atoms. The minimum absolute atomic E-state index is 0.0787. The van der Waals surface area contributed by atoms with Gasteiger partial charge in [0, 0.05) is 6.54 Å². The highest BCUT2D eigenvalue weighted by atomic mass is 19.1. The van der Waals surface area contributed by atoms with Gasteiger partial charge in [-0.1, -0.05) is 32.4 Å². The van der Waals surface area contributed by atoms with Crippen molar-refractivity contribution in [3.63, 3.8) is 0 Å². The summed E-state index contributed by atoms with van der Waals surface area (Å²) >= 11 is 0. The molecule has 1 aromatic carbocycles. The van der Waals surface area contributed by atoms with Crippen LogP contribution in [0.5, 0.6) is 0 Å². The molecule has 1 aromatic rings. The third kappa shape index (κ3) is 5.15. The van der Waals surface area contributed by atoms with E-state index in [9.17, 15) is 4.39 Å². The van der Waals surface area contributed by atoms with Gasteiger partial charge in [-0.05, 0) is 37.1 Å². The van der Waals surface area contributed by atoms with Gasteiger partial charge in [-0.15, -0.1) is 0 Å². The highest BCUT2D eigenvalue weighted by Crippen LogP contribution is 2.19. The molecule has 0 fully saturated rings. The fourth-order valence-electron chi connectivity index (χ4n) is 2.02. The van der Waals surface area contributed by atoms with E-state index in [4.69, 9.17) is 4.74 Å². The fraction of sp³-hybridized carbons (Fsp3) is 0.600. The molecule has 0 aliphatic rings. The van der Waals surface area contributed by atoms with Crippen LogP contribution < -0.4 is 5.32 Å². The first-order valence-electron chi connectivity index (χ1n) is 6.69. The second-order valence-corrected chi connectivity index (χ2v) is 4.83. The zero-order valence-corrected chi connectivity index (χ0v) is 11.6. The summed E-state index contributed by atoms with van der Waals surface area (Å²) in [6.07, 6.45) is 2.25. The molecule has 18 heavy (non-hydrogen) atoms. The van der Waals surface area contributed by atoms with E-state index < -0.39 is 0 Å². The molecule has 0 spiro atoms. The van der Waals surface area contributed by atoms with E-state index in [1.807, 2.05) is 13.1 Å². The highest BCUT2D eigenvalue weighted by molar-refractivity contribution is 5.19. The number of ether oxygens (including phenoxy) is 1. The number of likely N-dealkylation sites (N-methyl/N-ethyl adjacent to an activating group) is 1. The molecule has 0 amide bonds. The molecule has 0 aliphatic heterocycles. The van der Waals surface area contributed by atoms with Gasteiger partial charge in [-0.25, -0.2) is 4.39 Å². The minimum atomic E-state index is -0.209. The van der Waals surface area contributed by atoms with Gasteiger partial charge in [0.2, 0.25) is 0 Å². The van der Waals surface area contributed by atoms with Gasteiger partial charge in [0.25, 0.3) is 0 Å². The van der Waals surface area contributed by atoms with Gasteiger partial charge < -0.3 is 10.1 Å². The van der Waals surface area contributed by atoms with Crippen molar-refractivity contribution < 1.29 is 9.13 Å². The molecule has 1 rings (SSSR count). The van der Waals surface area contributed by atoms with Gasteiger partial charge in [0.15, 0.2) is 0 Å². The van der Waals surface area contributed by atoms with E-state index in [1.165, 1.54) is 12.5 Å². The fourth-order valence-corrected chi connectivity index (χ4v) is 2.02. The van der Waals surface area contributed by atoms with E-state index in [0.29, 0.717) is 12.5 Å². The van der Waals surface area contributed by atoms with Crippen molar-refractivity contribution in [3.8, 4) is 0 Å². The summed E-state index contributed by atoms with van der Waals surface area (Å²) in [6.45, 7) is 5.78. The molecule has 0 aliphatic carbocycles. The molecular weight excluding hydrogens is 229 g/mol. The van der Waals surface area contributed by atoms with Crippen LogP contribution in [0, 0.1) is 11.7 Å². The minimum Gasteiger partial charge on any atom is -0.372 e. The Morgan fingerprint density at radius 2 is 2.17 bits per heavy atom. The number of hydrogen-bond acceptors (Lipinski definition) is 2. The van der Waals surface area contributed by atoms with Crippen molar-refractivity contribution in [2.45, 2.75) is 32.8 Å². The molecule has 2 nitrogen and oxygen atoms in total. The summed E-state index contributed by atoms with van der Waals surface area (Å²) in [7, 11) is 1.88. The number of rotatable bonds is 8. The van der Waals surface area contributed by atoms with Crippen LogP contribution in [0.2, 0.25) is 0 Å². The molecule has 0 radical (unpaired) electrons. The van der Waals surface area contributed by atoms with Crippen molar-refractivity contribution in [2.75, 3.05) is 20.2 Å². The number of benzene rings is 1. The van der Waals surface area contributed by atoms with Gasteiger partial charge in [-0.3, -0.25) is 0 Å². The van der Waals surface area contributed by atoms with Gasteiger partial charge in [-0.2, -0.15) is 0 Å². The highest BCUT2D eigenvalue weighted by Gasteiger charge is 2.13. The maximum absolute atomic E-state index is 13.2. The Hall–Kier alpha value is -0.930.